The molecule has 1 aromatic carbocycles. The molecule has 0 saturated heterocycles. The van der Waals surface area contributed by atoms with Gasteiger partial charge in [-0.15, -0.1) is 0 Å². The number of hydrogen-bond donors (Lipinski definition) is 1. The highest BCUT2D eigenvalue weighted by atomic mass is 16.5. The van der Waals surface area contributed by atoms with Crippen molar-refractivity contribution in [2.45, 2.75) is 71.4 Å². The molecular weight excluding hydrogens is 258 g/mol. The van der Waals surface area contributed by atoms with Crippen molar-refractivity contribution in [1.29, 1.82) is 0 Å². The summed E-state index contributed by atoms with van der Waals surface area (Å²) < 4.78 is 5.75. The van der Waals surface area contributed by atoms with E-state index in [0.717, 1.165) is 12.4 Å². The van der Waals surface area contributed by atoms with Gasteiger partial charge in [-0.3, -0.25) is 0 Å². The molecule has 0 amide bonds. The molecule has 1 unspecified atom stereocenters. The van der Waals surface area contributed by atoms with Crippen LogP contribution in [0.1, 0.15) is 70.9 Å². The minimum absolute atomic E-state index is 0.423. The van der Waals surface area contributed by atoms with Crippen LogP contribution in [-0.2, 0) is 0 Å². The summed E-state index contributed by atoms with van der Waals surface area (Å²) in [7, 11) is 0. The smallest absolute Gasteiger partial charge is 0.119 e. The van der Waals surface area contributed by atoms with E-state index in [4.69, 9.17) is 4.74 Å². The fourth-order valence-corrected chi connectivity index (χ4v) is 3.01. The molecule has 21 heavy (non-hydrogen) atoms. The number of rotatable bonds is 6. The molecule has 1 aliphatic carbocycles. The van der Waals surface area contributed by atoms with E-state index in [1.165, 1.54) is 44.1 Å². The molecule has 0 spiro atoms. The zero-order chi connectivity index (χ0) is 15.1. The predicted molar refractivity (Wildman–Crippen MR) is 89.8 cm³/mol. The normalized spacial score (nSPS) is 18.5. The van der Waals surface area contributed by atoms with Crippen LogP contribution in [0.15, 0.2) is 24.3 Å². The number of ether oxygens (including phenoxy) is 1. The number of nitrogens with one attached hydrogen (secondary N) is 1. The van der Waals surface area contributed by atoms with Crippen molar-refractivity contribution in [1.82, 2.24) is 5.32 Å². The van der Waals surface area contributed by atoms with E-state index in [-0.39, 0.29) is 0 Å². The quantitative estimate of drug-likeness (QED) is 0.736. The van der Waals surface area contributed by atoms with Gasteiger partial charge in [0.1, 0.15) is 5.75 Å². The zero-order valence-electron chi connectivity index (χ0n) is 13.9. The Bertz CT molecular complexity index is 391. The van der Waals surface area contributed by atoms with Crippen molar-refractivity contribution in [3.63, 3.8) is 0 Å². The first-order valence-electron chi connectivity index (χ1n) is 8.64. The second-order valence-corrected chi connectivity index (χ2v) is 6.85. The molecule has 0 radical (unpaired) electrons. The molecular formula is C19H31NO. The van der Waals surface area contributed by atoms with Crippen LogP contribution < -0.4 is 10.1 Å². The van der Waals surface area contributed by atoms with E-state index in [1.54, 1.807) is 0 Å². The largest absolute Gasteiger partial charge is 0.493 e. The van der Waals surface area contributed by atoms with Gasteiger partial charge in [-0.1, -0.05) is 51.7 Å². The van der Waals surface area contributed by atoms with Crippen LogP contribution in [0.3, 0.4) is 0 Å². The summed E-state index contributed by atoms with van der Waals surface area (Å²) in [6.07, 6.45) is 8.25. The second kappa shape index (κ2) is 8.43. The Morgan fingerprint density at radius 1 is 1.00 bits per heavy atom. The van der Waals surface area contributed by atoms with Crippen LogP contribution in [-0.4, -0.2) is 12.6 Å². The molecule has 1 aliphatic rings. The monoisotopic (exact) mass is 289 g/mol. The van der Waals surface area contributed by atoms with E-state index in [2.05, 4.69) is 50.4 Å². The Balaban J connectivity index is 1.85. The van der Waals surface area contributed by atoms with Crippen molar-refractivity contribution in [2.24, 2.45) is 5.92 Å². The van der Waals surface area contributed by atoms with Crippen LogP contribution in [0.2, 0.25) is 0 Å². The van der Waals surface area contributed by atoms with Gasteiger partial charge in [0.15, 0.2) is 0 Å². The van der Waals surface area contributed by atoms with E-state index in [9.17, 15) is 0 Å². The molecule has 0 bridgehead atoms. The van der Waals surface area contributed by atoms with Crippen molar-refractivity contribution in [2.75, 3.05) is 6.61 Å². The molecule has 118 valence electrons. The first-order chi connectivity index (χ1) is 10.1. The lowest BCUT2D eigenvalue weighted by molar-refractivity contribution is 0.271. The summed E-state index contributed by atoms with van der Waals surface area (Å²) >= 11 is 0. The third kappa shape index (κ3) is 5.70. The van der Waals surface area contributed by atoms with Gasteiger partial charge in [-0.25, -0.2) is 0 Å². The van der Waals surface area contributed by atoms with E-state index < -0.39 is 0 Å². The molecule has 1 saturated carbocycles. The molecule has 2 heteroatoms. The standard InChI is InChI=1S/C19H31NO/c1-15(2)14-21-19-12-10-17(11-13-19)16(3)20-18-8-6-4-5-7-9-18/h10-13,15-16,18,20H,4-9,14H2,1-3H3. The summed E-state index contributed by atoms with van der Waals surface area (Å²) in [5.74, 6) is 1.55. The van der Waals surface area contributed by atoms with Crippen LogP contribution >= 0.6 is 0 Å². The van der Waals surface area contributed by atoms with Crippen molar-refractivity contribution >= 4 is 0 Å². The van der Waals surface area contributed by atoms with Gasteiger partial charge in [0.25, 0.3) is 0 Å². The minimum Gasteiger partial charge on any atom is -0.493 e. The van der Waals surface area contributed by atoms with Gasteiger partial charge in [0.05, 0.1) is 6.61 Å². The lowest BCUT2D eigenvalue weighted by atomic mass is 10.0. The van der Waals surface area contributed by atoms with Gasteiger partial charge in [0.2, 0.25) is 0 Å². The Kier molecular flexibility index (Phi) is 6.56. The third-order valence-corrected chi connectivity index (χ3v) is 4.30. The zero-order valence-corrected chi connectivity index (χ0v) is 13.9. The number of hydrogen-bond acceptors (Lipinski definition) is 2. The fourth-order valence-electron chi connectivity index (χ4n) is 3.01. The van der Waals surface area contributed by atoms with Crippen LogP contribution in [0.5, 0.6) is 5.75 Å². The summed E-state index contributed by atoms with van der Waals surface area (Å²) in [6, 6.07) is 9.71. The van der Waals surface area contributed by atoms with Crippen molar-refractivity contribution < 1.29 is 4.74 Å². The lowest BCUT2D eigenvalue weighted by Gasteiger charge is -2.22. The highest BCUT2D eigenvalue weighted by molar-refractivity contribution is 5.29. The average molecular weight is 289 g/mol. The number of benzene rings is 1. The van der Waals surface area contributed by atoms with Gasteiger partial charge in [0, 0.05) is 12.1 Å². The Morgan fingerprint density at radius 2 is 1.62 bits per heavy atom. The van der Waals surface area contributed by atoms with Crippen molar-refractivity contribution in [3.8, 4) is 5.75 Å². The molecule has 1 N–H and O–H groups in total. The van der Waals surface area contributed by atoms with Gasteiger partial charge < -0.3 is 10.1 Å². The van der Waals surface area contributed by atoms with E-state index in [0.29, 0.717) is 18.0 Å². The molecule has 1 atom stereocenters. The Labute approximate surface area is 130 Å². The van der Waals surface area contributed by atoms with Crippen LogP contribution in [0.25, 0.3) is 0 Å². The van der Waals surface area contributed by atoms with Gasteiger partial charge >= 0.3 is 0 Å². The van der Waals surface area contributed by atoms with E-state index >= 15 is 0 Å². The fraction of sp³-hybridized carbons (Fsp3) is 0.684. The maximum Gasteiger partial charge on any atom is 0.119 e. The molecule has 2 rings (SSSR count). The molecule has 2 nitrogen and oxygen atoms in total. The summed E-state index contributed by atoms with van der Waals surface area (Å²) in [5.41, 5.74) is 1.36. The molecule has 1 aromatic rings. The Morgan fingerprint density at radius 3 is 2.19 bits per heavy atom. The highest BCUT2D eigenvalue weighted by Crippen LogP contribution is 2.22. The maximum absolute atomic E-state index is 5.75. The second-order valence-electron chi connectivity index (χ2n) is 6.85. The topological polar surface area (TPSA) is 21.3 Å². The lowest BCUT2D eigenvalue weighted by Crippen LogP contribution is -2.31. The Hall–Kier alpha value is -1.02. The van der Waals surface area contributed by atoms with Gasteiger partial charge in [-0.05, 0) is 43.4 Å². The summed E-state index contributed by atoms with van der Waals surface area (Å²) in [4.78, 5) is 0. The molecule has 0 aliphatic heterocycles. The van der Waals surface area contributed by atoms with E-state index in [1.807, 2.05) is 0 Å². The summed E-state index contributed by atoms with van der Waals surface area (Å²) in [6.45, 7) is 7.41. The van der Waals surface area contributed by atoms with Crippen molar-refractivity contribution in [3.05, 3.63) is 29.8 Å². The molecule has 0 heterocycles. The molecule has 1 fully saturated rings. The van der Waals surface area contributed by atoms with Crippen LogP contribution in [0, 0.1) is 5.92 Å². The first-order valence-corrected chi connectivity index (χ1v) is 8.64. The highest BCUT2D eigenvalue weighted by Gasteiger charge is 2.15. The predicted octanol–water partition coefficient (Wildman–Crippen LogP) is 5.09. The molecule has 0 aromatic heterocycles. The minimum atomic E-state index is 0.423. The summed E-state index contributed by atoms with van der Waals surface area (Å²) in [5, 5.41) is 3.80. The third-order valence-electron chi connectivity index (χ3n) is 4.30. The first kappa shape index (κ1) is 16.4. The SMILES string of the molecule is CC(C)COc1ccc(C(C)NC2CCCCCC2)cc1. The van der Waals surface area contributed by atoms with Crippen LogP contribution in [0.4, 0.5) is 0 Å². The average Bonchev–Trinajstić information content (AvgIpc) is 2.74. The maximum atomic E-state index is 5.75. The van der Waals surface area contributed by atoms with Gasteiger partial charge in [-0.2, -0.15) is 0 Å².